The van der Waals surface area contributed by atoms with Crippen LogP contribution >= 0.6 is 0 Å². The molecule has 0 atom stereocenters. The monoisotopic (exact) mass is 334 g/mol. The summed E-state index contributed by atoms with van der Waals surface area (Å²) < 4.78 is 27.3. The maximum atomic E-state index is 13.6. The van der Waals surface area contributed by atoms with E-state index in [9.17, 15) is 8.78 Å². The average molecular weight is 334 g/mol. The smallest absolute Gasteiger partial charge is 0.123 e. The Morgan fingerprint density at radius 3 is 1.88 bits per heavy atom. The van der Waals surface area contributed by atoms with E-state index in [2.05, 4.69) is 18.2 Å². The van der Waals surface area contributed by atoms with Gasteiger partial charge in [0.1, 0.15) is 11.6 Å². The lowest BCUT2D eigenvalue weighted by Crippen LogP contribution is -1.91. The van der Waals surface area contributed by atoms with Crippen molar-refractivity contribution in [2.24, 2.45) is 0 Å². The molecule has 3 aromatic rings. The summed E-state index contributed by atoms with van der Waals surface area (Å²) in [7, 11) is 0. The van der Waals surface area contributed by atoms with E-state index in [1.165, 1.54) is 29.8 Å². The van der Waals surface area contributed by atoms with E-state index in [4.69, 9.17) is 0 Å². The zero-order chi connectivity index (χ0) is 17.5. The predicted molar refractivity (Wildman–Crippen MR) is 99.3 cm³/mol. The molecule has 0 saturated heterocycles. The van der Waals surface area contributed by atoms with Gasteiger partial charge in [-0.25, -0.2) is 8.78 Å². The molecular weight excluding hydrogens is 314 g/mol. The minimum absolute atomic E-state index is 0.288. The van der Waals surface area contributed by atoms with E-state index in [0.29, 0.717) is 0 Å². The van der Waals surface area contributed by atoms with Crippen LogP contribution in [0.15, 0.2) is 84.9 Å². The second-order valence-corrected chi connectivity index (χ2v) is 6.02. The van der Waals surface area contributed by atoms with Gasteiger partial charge in [-0.05, 0) is 65.8 Å². The summed E-state index contributed by atoms with van der Waals surface area (Å²) in [5, 5.41) is 0. The highest BCUT2D eigenvalue weighted by molar-refractivity contribution is 5.79. The van der Waals surface area contributed by atoms with Crippen LogP contribution < -0.4 is 0 Å². The molecule has 0 aliphatic rings. The third-order valence-corrected chi connectivity index (χ3v) is 4.13. The molecule has 0 aliphatic heterocycles. The SMILES string of the molecule is Fc1cccc(C(=CCCCc2ccccc2)c2cccc(F)c2)c1. The second kappa shape index (κ2) is 8.39. The van der Waals surface area contributed by atoms with Crippen molar-refractivity contribution < 1.29 is 8.78 Å². The Bertz CT molecular complexity index is 803. The Balaban J connectivity index is 1.81. The van der Waals surface area contributed by atoms with Crippen molar-refractivity contribution in [3.63, 3.8) is 0 Å². The summed E-state index contributed by atoms with van der Waals surface area (Å²) in [5.41, 5.74) is 3.71. The number of halogens is 2. The van der Waals surface area contributed by atoms with Gasteiger partial charge in [0.25, 0.3) is 0 Å². The summed E-state index contributed by atoms with van der Waals surface area (Å²) in [4.78, 5) is 0. The zero-order valence-corrected chi connectivity index (χ0v) is 14.0. The number of unbranched alkanes of at least 4 members (excludes halogenated alkanes) is 1. The summed E-state index contributed by atoms with van der Waals surface area (Å²) in [6, 6.07) is 23.2. The van der Waals surface area contributed by atoms with Crippen molar-refractivity contribution >= 4 is 5.57 Å². The van der Waals surface area contributed by atoms with Crippen LogP contribution in [-0.2, 0) is 6.42 Å². The molecule has 0 amide bonds. The molecule has 0 unspecified atom stereocenters. The molecule has 25 heavy (non-hydrogen) atoms. The first-order valence-electron chi connectivity index (χ1n) is 8.48. The molecule has 0 bridgehead atoms. The van der Waals surface area contributed by atoms with Gasteiger partial charge in [-0.2, -0.15) is 0 Å². The van der Waals surface area contributed by atoms with Gasteiger partial charge in [0.2, 0.25) is 0 Å². The zero-order valence-electron chi connectivity index (χ0n) is 14.0. The van der Waals surface area contributed by atoms with E-state index in [1.54, 1.807) is 12.1 Å². The third-order valence-electron chi connectivity index (χ3n) is 4.13. The van der Waals surface area contributed by atoms with E-state index in [1.807, 2.05) is 30.3 Å². The van der Waals surface area contributed by atoms with Gasteiger partial charge in [0.15, 0.2) is 0 Å². The van der Waals surface area contributed by atoms with E-state index in [0.717, 1.165) is 36.0 Å². The highest BCUT2D eigenvalue weighted by atomic mass is 19.1. The number of hydrogen-bond donors (Lipinski definition) is 0. The number of benzene rings is 3. The van der Waals surface area contributed by atoms with Crippen molar-refractivity contribution in [2.75, 3.05) is 0 Å². The van der Waals surface area contributed by atoms with Crippen molar-refractivity contribution in [3.8, 4) is 0 Å². The predicted octanol–water partition coefficient (Wildman–Crippen LogP) is 6.42. The Labute approximate surface area is 147 Å². The number of allylic oxidation sites excluding steroid dienone is 1. The van der Waals surface area contributed by atoms with Crippen LogP contribution in [0.25, 0.3) is 5.57 Å². The Morgan fingerprint density at radius 1 is 0.720 bits per heavy atom. The molecule has 0 N–H and O–H groups in total. The topological polar surface area (TPSA) is 0 Å². The van der Waals surface area contributed by atoms with Crippen molar-refractivity contribution in [1.82, 2.24) is 0 Å². The molecule has 0 aromatic heterocycles. The highest BCUT2D eigenvalue weighted by Crippen LogP contribution is 2.25. The molecule has 3 rings (SSSR count). The summed E-state index contributed by atoms with van der Waals surface area (Å²) in [6.45, 7) is 0. The van der Waals surface area contributed by atoms with E-state index in [-0.39, 0.29) is 11.6 Å². The van der Waals surface area contributed by atoms with Gasteiger partial charge in [-0.15, -0.1) is 0 Å². The molecule has 2 heteroatoms. The maximum Gasteiger partial charge on any atom is 0.123 e. The average Bonchev–Trinajstić information content (AvgIpc) is 2.62. The lowest BCUT2D eigenvalue weighted by atomic mass is 9.96. The molecule has 0 fully saturated rings. The summed E-state index contributed by atoms with van der Waals surface area (Å²) in [6.07, 6.45) is 4.89. The molecule has 0 nitrogen and oxygen atoms in total. The molecule has 3 aromatic carbocycles. The Morgan fingerprint density at radius 2 is 1.32 bits per heavy atom. The maximum absolute atomic E-state index is 13.6. The third kappa shape index (κ3) is 4.87. The molecule has 0 heterocycles. The molecule has 126 valence electrons. The van der Waals surface area contributed by atoms with Gasteiger partial charge < -0.3 is 0 Å². The Hall–Kier alpha value is -2.74. The standard InChI is InChI=1S/C23H20F2/c24-21-13-6-11-19(16-21)23(20-12-7-14-22(25)17-20)15-5-4-10-18-8-2-1-3-9-18/h1-3,6-9,11-17H,4-5,10H2. The van der Waals surface area contributed by atoms with Crippen molar-refractivity contribution in [3.05, 3.63) is 113 Å². The fourth-order valence-electron chi connectivity index (χ4n) is 2.91. The number of rotatable bonds is 6. The minimum atomic E-state index is -0.288. The molecule has 0 aliphatic carbocycles. The molecule has 0 saturated carbocycles. The van der Waals surface area contributed by atoms with E-state index >= 15 is 0 Å². The Kier molecular flexibility index (Phi) is 5.73. The van der Waals surface area contributed by atoms with Gasteiger partial charge in [-0.3, -0.25) is 0 Å². The summed E-state index contributed by atoms with van der Waals surface area (Å²) in [5.74, 6) is -0.576. The fourth-order valence-corrected chi connectivity index (χ4v) is 2.91. The van der Waals surface area contributed by atoms with Crippen molar-refractivity contribution in [2.45, 2.75) is 19.3 Å². The summed E-state index contributed by atoms with van der Waals surface area (Å²) >= 11 is 0. The van der Waals surface area contributed by atoms with Crippen LogP contribution in [0.1, 0.15) is 29.5 Å². The van der Waals surface area contributed by atoms with Gasteiger partial charge in [0, 0.05) is 0 Å². The molecular formula is C23H20F2. The van der Waals surface area contributed by atoms with Crippen LogP contribution in [-0.4, -0.2) is 0 Å². The largest absolute Gasteiger partial charge is 0.207 e. The first-order chi connectivity index (χ1) is 12.2. The van der Waals surface area contributed by atoms with Crippen LogP contribution in [0.4, 0.5) is 8.78 Å². The van der Waals surface area contributed by atoms with Crippen LogP contribution in [0, 0.1) is 11.6 Å². The minimum Gasteiger partial charge on any atom is -0.207 e. The lowest BCUT2D eigenvalue weighted by Gasteiger charge is -2.10. The quantitative estimate of drug-likeness (QED) is 0.456. The molecule has 0 radical (unpaired) electrons. The fraction of sp³-hybridized carbons (Fsp3) is 0.130. The van der Waals surface area contributed by atoms with Crippen LogP contribution in [0.3, 0.4) is 0 Å². The first kappa shape index (κ1) is 17.1. The second-order valence-electron chi connectivity index (χ2n) is 6.02. The van der Waals surface area contributed by atoms with Gasteiger partial charge >= 0.3 is 0 Å². The van der Waals surface area contributed by atoms with Crippen LogP contribution in [0.5, 0.6) is 0 Å². The highest BCUT2D eigenvalue weighted by Gasteiger charge is 2.07. The lowest BCUT2D eigenvalue weighted by molar-refractivity contribution is 0.627. The molecule has 0 spiro atoms. The van der Waals surface area contributed by atoms with Crippen LogP contribution in [0.2, 0.25) is 0 Å². The first-order valence-corrected chi connectivity index (χ1v) is 8.48. The van der Waals surface area contributed by atoms with E-state index < -0.39 is 0 Å². The number of hydrogen-bond acceptors (Lipinski definition) is 0. The van der Waals surface area contributed by atoms with Gasteiger partial charge in [0.05, 0.1) is 0 Å². The number of aryl methyl sites for hydroxylation is 1. The van der Waals surface area contributed by atoms with Crippen molar-refractivity contribution in [1.29, 1.82) is 0 Å². The normalized spacial score (nSPS) is 10.5. The van der Waals surface area contributed by atoms with Gasteiger partial charge in [-0.1, -0.05) is 60.7 Å².